The molecule has 0 radical (unpaired) electrons. The van der Waals surface area contributed by atoms with Crippen LogP contribution >= 0.6 is 0 Å². The van der Waals surface area contributed by atoms with Crippen molar-refractivity contribution < 1.29 is 0 Å². The van der Waals surface area contributed by atoms with E-state index in [1.165, 1.54) is 12.0 Å². The molecule has 1 aromatic heterocycles. The van der Waals surface area contributed by atoms with Crippen LogP contribution in [0.15, 0.2) is 12.4 Å². The normalized spacial score (nSPS) is 14.1. The minimum atomic E-state index is 0.276. The van der Waals surface area contributed by atoms with Gasteiger partial charge in [0.1, 0.15) is 0 Å². The fraction of sp³-hybridized carbons (Fsp3) is 0.800. The van der Waals surface area contributed by atoms with Crippen LogP contribution in [0.2, 0.25) is 0 Å². The molecule has 1 heterocycles. The summed E-state index contributed by atoms with van der Waals surface area (Å²) >= 11 is 0. The summed E-state index contributed by atoms with van der Waals surface area (Å²) in [5, 5.41) is 7.89. The molecule has 4 heteroatoms. The molecule has 0 aromatic carbocycles. The third kappa shape index (κ3) is 5.74. The molecule has 1 rings (SSSR count). The Labute approximate surface area is 118 Å². The quantitative estimate of drug-likeness (QED) is 0.822. The lowest BCUT2D eigenvalue weighted by molar-refractivity contribution is 0.190. The van der Waals surface area contributed by atoms with Gasteiger partial charge in [-0.15, -0.1) is 0 Å². The standard InChI is InChI=1S/C15H30N4/c1-7-8-16-14(15(2,3)4)12-18(5)10-13-9-17-19(6)11-13/h9,11,14,16H,7-8,10,12H2,1-6H3. The Hall–Kier alpha value is -0.870. The van der Waals surface area contributed by atoms with E-state index in [2.05, 4.69) is 56.3 Å². The molecule has 0 aliphatic heterocycles. The van der Waals surface area contributed by atoms with Crippen LogP contribution in [0.5, 0.6) is 0 Å². The highest BCUT2D eigenvalue weighted by molar-refractivity contribution is 5.03. The van der Waals surface area contributed by atoms with Crippen molar-refractivity contribution in [2.24, 2.45) is 12.5 Å². The van der Waals surface area contributed by atoms with Crippen molar-refractivity contribution >= 4 is 0 Å². The highest BCUT2D eigenvalue weighted by Crippen LogP contribution is 2.20. The lowest BCUT2D eigenvalue weighted by atomic mass is 9.86. The first kappa shape index (κ1) is 16.2. The molecule has 0 aliphatic rings. The number of aryl methyl sites for hydroxylation is 1. The Morgan fingerprint density at radius 1 is 1.42 bits per heavy atom. The van der Waals surface area contributed by atoms with Crippen LogP contribution in [0.25, 0.3) is 0 Å². The van der Waals surface area contributed by atoms with E-state index in [0.717, 1.165) is 19.6 Å². The number of aromatic nitrogens is 2. The Bertz CT molecular complexity index is 364. The van der Waals surface area contributed by atoms with Gasteiger partial charge in [0.2, 0.25) is 0 Å². The number of likely N-dealkylation sites (N-methyl/N-ethyl adjacent to an activating group) is 1. The van der Waals surface area contributed by atoms with Crippen molar-refractivity contribution in [3.63, 3.8) is 0 Å². The molecule has 0 spiro atoms. The van der Waals surface area contributed by atoms with E-state index in [9.17, 15) is 0 Å². The molecule has 1 atom stereocenters. The first-order chi connectivity index (χ1) is 8.82. The highest BCUT2D eigenvalue weighted by atomic mass is 15.2. The third-order valence-corrected chi connectivity index (χ3v) is 3.39. The molecular formula is C15H30N4. The third-order valence-electron chi connectivity index (χ3n) is 3.39. The molecule has 0 fully saturated rings. The number of nitrogens with one attached hydrogen (secondary N) is 1. The summed E-state index contributed by atoms with van der Waals surface area (Å²) in [5.74, 6) is 0. The predicted octanol–water partition coefficient (Wildman–Crippen LogP) is 2.27. The molecule has 0 saturated carbocycles. The molecule has 0 amide bonds. The maximum atomic E-state index is 4.22. The molecule has 19 heavy (non-hydrogen) atoms. The smallest absolute Gasteiger partial charge is 0.0534 e. The summed E-state index contributed by atoms with van der Waals surface area (Å²) in [6.07, 6.45) is 5.21. The van der Waals surface area contributed by atoms with Crippen LogP contribution in [0.1, 0.15) is 39.7 Å². The Morgan fingerprint density at radius 3 is 2.58 bits per heavy atom. The van der Waals surface area contributed by atoms with Gasteiger partial charge in [0.25, 0.3) is 0 Å². The van der Waals surface area contributed by atoms with Crippen molar-refractivity contribution in [2.45, 2.75) is 46.7 Å². The minimum absolute atomic E-state index is 0.276. The second-order valence-electron chi connectivity index (χ2n) is 6.59. The van der Waals surface area contributed by atoms with E-state index in [-0.39, 0.29) is 5.41 Å². The molecule has 1 aromatic rings. The maximum absolute atomic E-state index is 4.22. The van der Waals surface area contributed by atoms with Crippen molar-refractivity contribution in [1.82, 2.24) is 20.0 Å². The largest absolute Gasteiger partial charge is 0.312 e. The SMILES string of the molecule is CCCNC(CN(C)Cc1cnn(C)c1)C(C)(C)C. The fourth-order valence-electron chi connectivity index (χ4n) is 2.20. The van der Waals surface area contributed by atoms with E-state index < -0.39 is 0 Å². The zero-order valence-corrected chi connectivity index (χ0v) is 13.4. The molecule has 1 N–H and O–H groups in total. The van der Waals surface area contributed by atoms with Gasteiger partial charge in [-0.25, -0.2) is 0 Å². The number of hydrogen-bond donors (Lipinski definition) is 1. The summed E-state index contributed by atoms with van der Waals surface area (Å²) in [6.45, 7) is 12.2. The average Bonchev–Trinajstić information content (AvgIpc) is 2.68. The monoisotopic (exact) mass is 266 g/mol. The van der Waals surface area contributed by atoms with E-state index in [1.807, 2.05) is 17.9 Å². The lowest BCUT2D eigenvalue weighted by Crippen LogP contribution is -2.47. The molecule has 0 saturated heterocycles. The van der Waals surface area contributed by atoms with Crippen LogP contribution in [0.3, 0.4) is 0 Å². The molecular weight excluding hydrogens is 236 g/mol. The number of hydrogen-bond acceptors (Lipinski definition) is 3. The predicted molar refractivity (Wildman–Crippen MR) is 81.1 cm³/mol. The Balaban J connectivity index is 2.53. The van der Waals surface area contributed by atoms with Gasteiger partial charge in [0.15, 0.2) is 0 Å². The highest BCUT2D eigenvalue weighted by Gasteiger charge is 2.25. The molecule has 0 aliphatic carbocycles. The van der Waals surface area contributed by atoms with Gasteiger partial charge in [0, 0.05) is 37.9 Å². The van der Waals surface area contributed by atoms with Gasteiger partial charge < -0.3 is 10.2 Å². The molecule has 0 bridgehead atoms. The van der Waals surface area contributed by atoms with Crippen LogP contribution in [-0.2, 0) is 13.6 Å². The lowest BCUT2D eigenvalue weighted by Gasteiger charge is -2.34. The van der Waals surface area contributed by atoms with Gasteiger partial charge in [0.05, 0.1) is 6.20 Å². The number of nitrogens with zero attached hydrogens (tertiary/aromatic N) is 3. The summed E-state index contributed by atoms with van der Waals surface area (Å²) in [5.41, 5.74) is 1.55. The molecule has 1 unspecified atom stereocenters. The Morgan fingerprint density at radius 2 is 2.11 bits per heavy atom. The van der Waals surface area contributed by atoms with Gasteiger partial charge >= 0.3 is 0 Å². The first-order valence-corrected chi connectivity index (χ1v) is 7.22. The van der Waals surface area contributed by atoms with Gasteiger partial charge in [-0.05, 0) is 25.4 Å². The van der Waals surface area contributed by atoms with Crippen LogP contribution in [0.4, 0.5) is 0 Å². The zero-order valence-electron chi connectivity index (χ0n) is 13.4. The number of rotatable bonds is 7. The van der Waals surface area contributed by atoms with Crippen molar-refractivity contribution in [3.8, 4) is 0 Å². The van der Waals surface area contributed by atoms with Crippen LogP contribution in [0, 0.1) is 5.41 Å². The minimum Gasteiger partial charge on any atom is -0.312 e. The second-order valence-corrected chi connectivity index (χ2v) is 6.59. The van der Waals surface area contributed by atoms with Crippen LogP contribution < -0.4 is 5.32 Å². The van der Waals surface area contributed by atoms with E-state index in [1.54, 1.807) is 0 Å². The summed E-state index contributed by atoms with van der Waals surface area (Å²) < 4.78 is 1.86. The second kappa shape index (κ2) is 7.06. The first-order valence-electron chi connectivity index (χ1n) is 7.22. The zero-order chi connectivity index (χ0) is 14.5. The van der Waals surface area contributed by atoms with Crippen LogP contribution in [-0.4, -0.2) is 40.9 Å². The van der Waals surface area contributed by atoms with Crippen molar-refractivity contribution in [1.29, 1.82) is 0 Å². The van der Waals surface area contributed by atoms with Gasteiger partial charge in [-0.1, -0.05) is 27.7 Å². The molecule has 4 nitrogen and oxygen atoms in total. The summed E-state index contributed by atoms with van der Waals surface area (Å²) in [4.78, 5) is 2.37. The van der Waals surface area contributed by atoms with Gasteiger partial charge in [-0.3, -0.25) is 4.68 Å². The topological polar surface area (TPSA) is 33.1 Å². The van der Waals surface area contributed by atoms with E-state index >= 15 is 0 Å². The maximum Gasteiger partial charge on any atom is 0.0534 e. The average molecular weight is 266 g/mol. The van der Waals surface area contributed by atoms with E-state index in [4.69, 9.17) is 0 Å². The summed E-state index contributed by atoms with van der Waals surface area (Å²) in [7, 11) is 4.14. The fourth-order valence-corrected chi connectivity index (χ4v) is 2.20. The Kier molecular flexibility index (Phi) is 6.01. The summed E-state index contributed by atoms with van der Waals surface area (Å²) in [6, 6.07) is 0.508. The van der Waals surface area contributed by atoms with Crippen molar-refractivity contribution in [2.75, 3.05) is 20.1 Å². The molecule has 110 valence electrons. The van der Waals surface area contributed by atoms with Crippen molar-refractivity contribution in [3.05, 3.63) is 18.0 Å². The van der Waals surface area contributed by atoms with Gasteiger partial charge in [-0.2, -0.15) is 5.10 Å². The van der Waals surface area contributed by atoms with E-state index in [0.29, 0.717) is 6.04 Å².